The molecule has 17 heavy (non-hydrogen) atoms. The van der Waals surface area contributed by atoms with Crippen molar-refractivity contribution in [3.8, 4) is 0 Å². The van der Waals surface area contributed by atoms with Crippen LogP contribution >= 0.6 is 11.8 Å². The van der Waals surface area contributed by atoms with E-state index in [4.69, 9.17) is 5.11 Å². The van der Waals surface area contributed by atoms with Crippen molar-refractivity contribution in [2.45, 2.75) is 18.7 Å². The molecular formula is C14H16O2S. The number of carbonyl (C=O) groups is 1. The van der Waals surface area contributed by atoms with Gasteiger partial charge in [-0.3, -0.25) is 0 Å². The summed E-state index contributed by atoms with van der Waals surface area (Å²) < 4.78 is 0. The summed E-state index contributed by atoms with van der Waals surface area (Å²) in [5, 5.41) is 8.47. The van der Waals surface area contributed by atoms with Crippen molar-refractivity contribution < 1.29 is 9.90 Å². The number of carboxylic acids is 1. The Labute approximate surface area is 106 Å². The Bertz CT molecular complexity index is 430. The fraction of sp³-hybridized carbons (Fsp3) is 0.214. The number of allylic oxidation sites excluding steroid dienone is 3. The lowest BCUT2D eigenvalue weighted by atomic mass is 10.1. The summed E-state index contributed by atoms with van der Waals surface area (Å²) in [4.78, 5) is 11.6. The molecule has 0 aliphatic heterocycles. The molecule has 0 bridgehead atoms. The number of thioether (sulfide) groups is 1. The third-order valence-corrected chi connectivity index (χ3v) is 3.10. The van der Waals surface area contributed by atoms with E-state index in [1.165, 1.54) is 4.90 Å². The Hall–Kier alpha value is -1.48. The van der Waals surface area contributed by atoms with E-state index in [9.17, 15) is 4.79 Å². The van der Waals surface area contributed by atoms with Crippen molar-refractivity contribution in [2.75, 3.05) is 5.75 Å². The van der Waals surface area contributed by atoms with Gasteiger partial charge in [-0.1, -0.05) is 31.2 Å². The molecule has 0 heterocycles. The number of hydrogen-bond acceptors (Lipinski definition) is 2. The van der Waals surface area contributed by atoms with Crippen LogP contribution in [0.15, 0.2) is 47.4 Å². The fourth-order valence-electron chi connectivity index (χ4n) is 1.35. The smallest absolute Gasteiger partial charge is 0.328 e. The van der Waals surface area contributed by atoms with Gasteiger partial charge >= 0.3 is 5.97 Å². The van der Waals surface area contributed by atoms with E-state index in [-0.39, 0.29) is 0 Å². The Morgan fingerprint density at radius 1 is 1.35 bits per heavy atom. The predicted octanol–water partition coefficient (Wildman–Crippen LogP) is 3.84. The molecule has 0 unspecified atom stereocenters. The summed E-state index contributed by atoms with van der Waals surface area (Å²) in [5.74, 6) is 0.138. The number of benzene rings is 1. The van der Waals surface area contributed by atoms with Gasteiger partial charge in [0.15, 0.2) is 0 Å². The molecular weight excluding hydrogens is 232 g/mol. The zero-order chi connectivity index (χ0) is 12.7. The molecule has 1 aromatic carbocycles. The van der Waals surface area contributed by atoms with Crippen molar-refractivity contribution in [2.24, 2.45) is 0 Å². The molecule has 1 aromatic rings. The number of carboxylic acid groups (broad SMARTS) is 1. The van der Waals surface area contributed by atoms with Gasteiger partial charge in [0.25, 0.3) is 0 Å². The van der Waals surface area contributed by atoms with Crippen LogP contribution in [0.2, 0.25) is 0 Å². The van der Waals surface area contributed by atoms with Crippen LogP contribution in [0.4, 0.5) is 0 Å². The van der Waals surface area contributed by atoms with Crippen LogP contribution < -0.4 is 0 Å². The van der Waals surface area contributed by atoms with Crippen molar-refractivity contribution >= 4 is 23.3 Å². The highest BCUT2D eigenvalue weighted by Gasteiger charge is 1.96. The minimum absolute atomic E-state index is 0.927. The van der Waals surface area contributed by atoms with Gasteiger partial charge in [-0.25, -0.2) is 4.79 Å². The highest BCUT2D eigenvalue weighted by atomic mass is 32.2. The summed E-state index contributed by atoms with van der Waals surface area (Å²) in [5.41, 5.74) is 2.16. The van der Waals surface area contributed by atoms with Gasteiger partial charge in [-0.2, -0.15) is 0 Å². The first kappa shape index (κ1) is 13.6. The van der Waals surface area contributed by atoms with E-state index >= 15 is 0 Å². The number of aliphatic carboxylic acids is 1. The van der Waals surface area contributed by atoms with Crippen LogP contribution in [0.1, 0.15) is 19.4 Å². The average Bonchev–Trinajstić information content (AvgIpc) is 2.30. The van der Waals surface area contributed by atoms with Gasteiger partial charge in [0, 0.05) is 11.0 Å². The highest BCUT2D eigenvalue weighted by Crippen LogP contribution is 2.21. The molecule has 0 aliphatic carbocycles. The average molecular weight is 248 g/mol. The molecule has 0 spiro atoms. The van der Waals surface area contributed by atoms with Gasteiger partial charge in [0.1, 0.15) is 0 Å². The molecule has 0 saturated heterocycles. The van der Waals surface area contributed by atoms with E-state index in [1.54, 1.807) is 23.9 Å². The maximum Gasteiger partial charge on any atom is 0.328 e. The zero-order valence-corrected chi connectivity index (χ0v) is 10.8. The van der Waals surface area contributed by atoms with E-state index in [2.05, 4.69) is 31.2 Å². The summed E-state index contributed by atoms with van der Waals surface area (Å²) >= 11 is 1.81. The lowest BCUT2D eigenvalue weighted by molar-refractivity contribution is -0.131. The Kier molecular flexibility index (Phi) is 5.57. The highest BCUT2D eigenvalue weighted by molar-refractivity contribution is 7.99. The van der Waals surface area contributed by atoms with E-state index < -0.39 is 5.97 Å². The minimum Gasteiger partial charge on any atom is -0.478 e. The van der Waals surface area contributed by atoms with E-state index in [0.717, 1.165) is 23.0 Å². The van der Waals surface area contributed by atoms with Gasteiger partial charge in [-0.05, 0) is 35.9 Å². The van der Waals surface area contributed by atoms with Crippen LogP contribution in [-0.2, 0) is 4.79 Å². The maximum atomic E-state index is 10.3. The predicted molar refractivity (Wildman–Crippen MR) is 73.3 cm³/mol. The van der Waals surface area contributed by atoms with Crippen LogP contribution in [-0.4, -0.2) is 16.8 Å². The van der Waals surface area contributed by atoms with Crippen molar-refractivity contribution in [3.63, 3.8) is 0 Å². The standard InChI is InChI=1S/C14H16O2S/c1-3-17-13-9-7-12(8-10-13)11(2)5-4-6-14(15)16/h4-10H,3H2,1-2H3,(H,15,16)/b6-4+,11-5+. The van der Waals surface area contributed by atoms with Crippen LogP contribution in [0, 0.1) is 0 Å². The number of rotatable bonds is 5. The second kappa shape index (κ2) is 6.97. The molecule has 1 N–H and O–H groups in total. The Morgan fingerprint density at radius 3 is 2.53 bits per heavy atom. The summed E-state index contributed by atoms with van der Waals surface area (Å²) in [7, 11) is 0. The largest absolute Gasteiger partial charge is 0.478 e. The first-order valence-corrected chi connectivity index (χ1v) is 6.43. The van der Waals surface area contributed by atoms with Crippen molar-refractivity contribution in [1.82, 2.24) is 0 Å². The minimum atomic E-state index is -0.927. The van der Waals surface area contributed by atoms with E-state index in [0.29, 0.717) is 0 Å². The first-order chi connectivity index (χ1) is 8.13. The fourth-order valence-corrected chi connectivity index (χ4v) is 2.01. The van der Waals surface area contributed by atoms with E-state index in [1.807, 2.05) is 6.92 Å². The monoisotopic (exact) mass is 248 g/mol. The second-order valence-electron chi connectivity index (χ2n) is 3.50. The topological polar surface area (TPSA) is 37.3 Å². The van der Waals surface area contributed by atoms with Crippen molar-refractivity contribution in [3.05, 3.63) is 48.1 Å². The molecule has 0 atom stereocenters. The van der Waals surface area contributed by atoms with Crippen LogP contribution in [0.3, 0.4) is 0 Å². The molecule has 0 fully saturated rings. The van der Waals surface area contributed by atoms with Gasteiger partial charge in [-0.15, -0.1) is 11.8 Å². The van der Waals surface area contributed by atoms with Gasteiger partial charge in [0.05, 0.1) is 0 Å². The third-order valence-electron chi connectivity index (χ3n) is 2.21. The quantitative estimate of drug-likeness (QED) is 0.488. The van der Waals surface area contributed by atoms with Crippen LogP contribution in [0.25, 0.3) is 5.57 Å². The molecule has 90 valence electrons. The molecule has 0 aromatic heterocycles. The lowest BCUT2D eigenvalue weighted by Gasteiger charge is -2.02. The molecule has 1 rings (SSSR count). The lowest BCUT2D eigenvalue weighted by Crippen LogP contribution is -1.85. The third kappa shape index (κ3) is 4.91. The summed E-state index contributed by atoms with van der Waals surface area (Å²) in [6.07, 6.45) is 4.48. The molecule has 2 nitrogen and oxygen atoms in total. The zero-order valence-electron chi connectivity index (χ0n) is 10.0. The number of hydrogen-bond donors (Lipinski definition) is 1. The van der Waals surface area contributed by atoms with Gasteiger partial charge < -0.3 is 5.11 Å². The normalized spacial score (nSPS) is 12.0. The Balaban J connectivity index is 2.75. The molecule has 0 amide bonds. The van der Waals surface area contributed by atoms with Gasteiger partial charge in [0.2, 0.25) is 0 Å². The molecule has 0 saturated carbocycles. The molecule has 0 aliphatic rings. The summed E-state index contributed by atoms with van der Waals surface area (Å²) in [6.45, 7) is 4.09. The Morgan fingerprint density at radius 2 is 2.00 bits per heavy atom. The van der Waals surface area contributed by atoms with Crippen molar-refractivity contribution in [1.29, 1.82) is 0 Å². The van der Waals surface area contributed by atoms with Crippen LogP contribution in [0.5, 0.6) is 0 Å². The first-order valence-electron chi connectivity index (χ1n) is 5.44. The second-order valence-corrected chi connectivity index (χ2v) is 4.84. The summed E-state index contributed by atoms with van der Waals surface area (Å²) in [6, 6.07) is 8.28. The molecule has 0 radical (unpaired) electrons. The molecule has 3 heteroatoms. The maximum absolute atomic E-state index is 10.3. The SMILES string of the molecule is CCSc1ccc(/C(C)=C/C=C/C(=O)O)cc1.